The fraction of sp³-hybridized carbons (Fsp3) is 0.294. The Morgan fingerprint density at radius 3 is 2.68 bits per heavy atom. The number of aromatic nitrogens is 5. The van der Waals surface area contributed by atoms with Crippen LogP contribution in [-0.4, -0.2) is 30.5 Å². The number of carbonyl (C=O) groups excluding carboxylic acids is 1. The van der Waals surface area contributed by atoms with Gasteiger partial charge in [0, 0.05) is 12.2 Å². The molecule has 0 aliphatic heterocycles. The van der Waals surface area contributed by atoms with Gasteiger partial charge in [-0.05, 0) is 39.0 Å². The van der Waals surface area contributed by atoms with Gasteiger partial charge in [-0.1, -0.05) is 6.07 Å². The average molecular weight is 343 g/mol. The van der Waals surface area contributed by atoms with Crippen LogP contribution in [0.3, 0.4) is 0 Å². The molecule has 0 bridgehead atoms. The standard InChI is InChI=1S/C17H18FN5O2/c1-11(2)23-15(7-8-20-23)17(24)25-12(3)16-13(18)5-4-6-14(16)22-10-19-9-21-22/h4-12H,1-3H3/t12-/m0/s1. The topological polar surface area (TPSA) is 74.8 Å². The molecular weight excluding hydrogens is 325 g/mol. The maximum atomic E-state index is 14.4. The van der Waals surface area contributed by atoms with Crippen LogP contribution >= 0.6 is 0 Å². The van der Waals surface area contributed by atoms with Crippen molar-refractivity contribution in [3.63, 3.8) is 0 Å². The number of nitrogens with zero attached hydrogens (tertiary/aromatic N) is 5. The highest BCUT2D eigenvalue weighted by Crippen LogP contribution is 2.27. The van der Waals surface area contributed by atoms with Crippen LogP contribution in [0.5, 0.6) is 0 Å². The normalized spacial score (nSPS) is 12.4. The molecule has 0 fully saturated rings. The van der Waals surface area contributed by atoms with Crippen molar-refractivity contribution in [3.8, 4) is 5.69 Å². The van der Waals surface area contributed by atoms with Gasteiger partial charge in [-0.15, -0.1) is 0 Å². The van der Waals surface area contributed by atoms with Crippen LogP contribution in [0.15, 0.2) is 43.1 Å². The molecule has 0 N–H and O–H groups in total. The van der Waals surface area contributed by atoms with Crippen molar-refractivity contribution < 1.29 is 13.9 Å². The summed E-state index contributed by atoms with van der Waals surface area (Å²) in [6.45, 7) is 5.44. The van der Waals surface area contributed by atoms with E-state index in [0.717, 1.165) is 0 Å². The molecule has 0 radical (unpaired) electrons. The number of esters is 1. The largest absolute Gasteiger partial charge is 0.453 e. The van der Waals surface area contributed by atoms with Gasteiger partial charge in [-0.2, -0.15) is 10.2 Å². The van der Waals surface area contributed by atoms with Gasteiger partial charge in [-0.3, -0.25) is 4.68 Å². The highest BCUT2D eigenvalue weighted by atomic mass is 19.1. The Labute approximate surface area is 144 Å². The highest BCUT2D eigenvalue weighted by molar-refractivity contribution is 5.87. The van der Waals surface area contributed by atoms with Crippen LogP contribution in [0.4, 0.5) is 4.39 Å². The van der Waals surface area contributed by atoms with E-state index >= 15 is 0 Å². The second kappa shape index (κ2) is 6.84. The van der Waals surface area contributed by atoms with Gasteiger partial charge in [0.2, 0.25) is 0 Å². The zero-order valence-corrected chi connectivity index (χ0v) is 14.1. The minimum Gasteiger partial charge on any atom is -0.453 e. The van der Waals surface area contributed by atoms with E-state index in [1.165, 1.54) is 29.6 Å². The van der Waals surface area contributed by atoms with Crippen LogP contribution in [0.1, 0.15) is 49.0 Å². The predicted octanol–water partition coefficient (Wildman–Crippen LogP) is 3.10. The monoisotopic (exact) mass is 343 g/mol. The Hall–Kier alpha value is -3.03. The first-order valence-corrected chi connectivity index (χ1v) is 7.87. The van der Waals surface area contributed by atoms with Crippen molar-refractivity contribution in [2.45, 2.75) is 32.9 Å². The molecule has 2 aromatic heterocycles. The summed E-state index contributed by atoms with van der Waals surface area (Å²) in [6.07, 6.45) is 3.53. The van der Waals surface area contributed by atoms with Crippen molar-refractivity contribution in [2.75, 3.05) is 0 Å². The lowest BCUT2D eigenvalue weighted by Crippen LogP contribution is -2.18. The van der Waals surface area contributed by atoms with E-state index in [0.29, 0.717) is 11.4 Å². The van der Waals surface area contributed by atoms with E-state index < -0.39 is 17.9 Å². The molecule has 3 aromatic rings. The van der Waals surface area contributed by atoms with Gasteiger partial charge in [0.05, 0.1) is 11.3 Å². The zero-order valence-electron chi connectivity index (χ0n) is 14.1. The molecule has 130 valence electrons. The maximum absolute atomic E-state index is 14.4. The third-order valence-corrected chi connectivity index (χ3v) is 3.75. The summed E-state index contributed by atoms with van der Waals surface area (Å²) in [5.74, 6) is -1.04. The molecule has 0 saturated heterocycles. The third kappa shape index (κ3) is 3.28. The summed E-state index contributed by atoms with van der Waals surface area (Å²) in [5, 5.41) is 8.13. The molecular formula is C17H18FN5O2. The minimum absolute atomic E-state index is 0.00651. The first kappa shape index (κ1) is 16.8. The van der Waals surface area contributed by atoms with E-state index in [1.807, 2.05) is 13.8 Å². The van der Waals surface area contributed by atoms with Crippen LogP contribution < -0.4 is 0 Å². The Morgan fingerprint density at radius 1 is 1.20 bits per heavy atom. The summed E-state index contributed by atoms with van der Waals surface area (Å²) in [7, 11) is 0. The third-order valence-electron chi connectivity index (χ3n) is 3.75. The van der Waals surface area contributed by atoms with Gasteiger partial charge >= 0.3 is 5.97 Å². The Kier molecular flexibility index (Phi) is 4.60. The molecule has 0 amide bonds. The molecule has 8 heteroatoms. The summed E-state index contributed by atoms with van der Waals surface area (Å²) in [5.41, 5.74) is 1.02. The lowest BCUT2D eigenvalue weighted by Gasteiger charge is -2.18. The Bertz CT molecular complexity index is 873. The van der Waals surface area contributed by atoms with Gasteiger partial charge in [0.1, 0.15) is 30.3 Å². The molecule has 0 saturated carbocycles. The average Bonchev–Trinajstić information content (AvgIpc) is 3.26. The summed E-state index contributed by atoms with van der Waals surface area (Å²) < 4.78 is 22.9. The fourth-order valence-electron chi connectivity index (χ4n) is 2.63. The quantitative estimate of drug-likeness (QED) is 0.666. The van der Waals surface area contributed by atoms with Crippen LogP contribution in [0.2, 0.25) is 0 Å². The number of hydrogen-bond donors (Lipinski definition) is 0. The highest BCUT2D eigenvalue weighted by Gasteiger charge is 2.23. The number of benzene rings is 1. The lowest BCUT2D eigenvalue weighted by molar-refractivity contribution is 0.0314. The Morgan fingerprint density at radius 2 is 2.00 bits per heavy atom. The smallest absolute Gasteiger partial charge is 0.357 e. The van der Waals surface area contributed by atoms with Crippen molar-refractivity contribution in [1.82, 2.24) is 24.5 Å². The van der Waals surface area contributed by atoms with E-state index in [1.54, 1.807) is 29.8 Å². The van der Waals surface area contributed by atoms with Crippen molar-refractivity contribution in [1.29, 1.82) is 0 Å². The predicted molar refractivity (Wildman–Crippen MR) is 87.8 cm³/mol. The molecule has 7 nitrogen and oxygen atoms in total. The van der Waals surface area contributed by atoms with Crippen LogP contribution in [0, 0.1) is 5.82 Å². The van der Waals surface area contributed by atoms with E-state index in [4.69, 9.17) is 4.74 Å². The molecule has 1 atom stereocenters. The minimum atomic E-state index is -0.816. The summed E-state index contributed by atoms with van der Waals surface area (Å²) >= 11 is 0. The molecule has 0 aliphatic rings. The fourth-order valence-corrected chi connectivity index (χ4v) is 2.63. The first-order chi connectivity index (χ1) is 12.0. The molecule has 1 aromatic carbocycles. The van der Waals surface area contributed by atoms with Gasteiger partial charge in [0.25, 0.3) is 0 Å². The molecule has 0 spiro atoms. The second-order valence-corrected chi connectivity index (χ2v) is 5.81. The first-order valence-electron chi connectivity index (χ1n) is 7.87. The van der Waals surface area contributed by atoms with Crippen LogP contribution in [0.25, 0.3) is 5.69 Å². The van der Waals surface area contributed by atoms with Gasteiger partial charge in [0.15, 0.2) is 0 Å². The van der Waals surface area contributed by atoms with Crippen molar-refractivity contribution in [2.24, 2.45) is 0 Å². The Balaban J connectivity index is 1.90. The summed E-state index contributed by atoms with van der Waals surface area (Å²) in [6, 6.07) is 6.16. The van der Waals surface area contributed by atoms with E-state index in [9.17, 15) is 9.18 Å². The van der Waals surface area contributed by atoms with Crippen molar-refractivity contribution in [3.05, 3.63) is 60.2 Å². The number of rotatable bonds is 5. The summed E-state index contributed by atoms with van der Waals surface area (Å²) in [4.78, 5) is 16.4. The number of carbonyl (C=O) groups is 1. The molecule has 2 heterocycles. The molecule has 25 heavy (non-hydrogen) atoms. The van der Waals surface area contributed by atoms with Crippen molar-refractivity contribution >= 4 is 5.97 Å². The number of hydrogen-bond acceptors (Lipinski definition) is 5. The maximum Gasteiger partial charge on any atom is 0.357 e. The number of halogens is 1. The second-order valence-electron chi connectivity index (χ2n) is 5.81. The SMILES string of the molecule is CC(C)n1nccc1C(=O)O[C@@H](C)c1c(F)cccc1-n1cncn1. The van der Waals surface area contributed by atoms with Crippen LogP contribution in [-0.2, 0) is 4.74 Å². The van der Waals surface area contributed by atoms with Gasteiger partial charge < -0.3 is 4.74 Å². The lowest BCUT2D eigenvalue weighted by atomic mass is 10.1. The molecule has 0 unspecified atom stereocenters. The van der Waals surface area contributed by atoms with E-state index in [-0.39, 0.29) is 11.6 Å². The van der Waals surface area contributed by atoms with Gasteiger partial charge in [-0.25, -0.2) is 18.9 Å². The molecule has 0 aliphatic carbocycles. The zero-order chi connectivity index (χ0) is 18.0. The van der Waals surface area contributed by atoms with E-state index in [2.05, 4.69) is 15.2 Å². The molecule has 3 rings (SSSR count). The number of ether oxygens (including phenoxy) is 1.